The summed E-state index contributed by atoms with van der Waals surface area (Å²) in [6.07, 6.45) is 17.1. The molecule has 2 heteroatoms. The van der Waals surface area contributed by atoms with Crippen LogP contribution in [-0.2, 0) is 4.74 Å². The molecule has 162 valence electrons. The molecule has 2 aliphatic heterocycles. The van der Waals surface area contributed by atoms with Crippen molar-refractivity contribution < 1.29 is 4.74 Å². The second kappa shape index (κ2) is 6.35. The molecule has 2 heterocycles. The first-order chi connectivity index (χ1) is 13.9. The zero-order valence-electron chi connectivity index (χ0n) is 19.3. The summed E-state index contributed by atoms with van der Waals surface area (Å²) in [4.78, 5) is 0. The lowest BCUT2D eigenvalue weighted by Crippen LogP contribution is -2.56. The van der Waals surface area contributed by atoms with Gasteiger partial charge >= 0.3 is 0 Å². The summed E-state index contributed by atoms with van der Waals surface area (Å²) in [6, 6.07) is 0. The number of fused-ring (bicyclic) bond motifs is 7. The summed E-state index contributed by atoms with van der Waals surface area (Å²) in [6.45, 7) is 11.4. The quantitative estimate of drug-likeness (QED) is 0.483. The molecule has 0 aromatic rings. The molecule has 3 saturated carbocycles. The fourth-order valence-electron chi connectivity index (χ4n) is 9.89. The van der Waals surface area contributed by atoms with Gasteiger partial charge in [-0.1, -0.05) is 45.8 Å². The van der Waals surface area contributed by atoms with Crippen LogP contribution in [0, 0.1) is 46.3 Å². The predicted octanol–water partition coefficient (Wildman–Crippen LogP) is 6.32. The Morgan fingerprint density at radius 3 is 2.69 bits per heavy atom. The van der Waals surface area contributed by atoms with Crippen molar-refractivity contribution in [2.75, 3.05) is 6.54 Å². The summed E-state index contributed by atoms with van der Waals surface area (Å²) in [5.41, 5.74) is 2.85. The first-order valence-corrected chi connectivity index (χ1v) is 13.0. The fraction of sp³-hybridized carbons (Fsp3) is 0.926. The summed E-state index contributed by atoms with van der Waals surface area (Å²) in [7, 11) is 0. The maximum absolute atomic E-state index is 7.02. The molecule has 1 spiro atoms. The number of ether oxygens (including phenoxy) is 1. The summed E-state index contributed by atoms with van der Waals surface area (Å²) < 4.78 is 7.02. The highest BCUT2D eigenvalue weighted by Gasteiger charge is 2.67. The van der Waals surface area contributed by atoms with Crippen molar-refractivity contribution in [2.45, 2.75) is 104 Å². The first kappa shape index (κ1) is 19.4. The minimum atomic E-state index is -0.0122. The zero-order valence-corrected chi connectivity index (χ0v) is 19.3. The molecule has 1 N–H and O–H groups in total. The second-order valence-electron chi connectivity index (χ2n) is 12.6. The molecular weight excluding hydrogens is 354 g/mol. The standard InChI is InChI=1S/C27H43NO/c1-17-10-14-27(28-16-17)18(2)24-23(29-27)15-22-20-9-8-19-7-5-6-12-25(19,3)21(20)11-13-26(22,24)4/h8,17-18,20-24,28H,5-7,9-16H2,1-4H3/t17?,18-,20?,21?,22?,23?,24?,25-,26-,27?/m0/s1. The molecule has 29 heavy (non-hydrogen) atoms. The maximum atomic E-state index is 7.02. The number of nitrogens with one attached hydrogen (secondary N) is 1. The molecule has 7 unspecified atom stereocenters. The Bertz CT molecular complexity index is 705. The van der Waals surface area contributed by atoms with Gasteiger partial charge in [0.25, 0.3) is 0 Å². The van der Waals surface area contributed by atoms with Crippen molar-refractivity contribution in [1.82, 2.24) is 5.32 Å². The number of allylic oxidation sites excluding steroid dienone is 2. The Kier molecular flexibility index (Phi) is 4.23. The van der Waals surface area contributed by atoms with E-state index in [0.29, 0.717) is 22.9 Å². The molecular formula is C27H43NO. The van der Waals surface area contributed by atoms with Crippen LogP contribution in [0.1, 0.15) is 91.9 Å². The van der Waals surface area contributed by atoms with E-state index in [1.807, 2.05) is 5.57 Å². The molecule has 10 atom stereocenters. The summed E-state index contributed by atoms with van der Waals surface area (Å²) in [5.74, 6) is 4.96. The number of rotatable bonds is 0. The van der Waals surface area contributed by atoms with Gasteiger partial charge in [0.05, 0.1) is 6.10 Å². The number of hydrogen-bond acceptors (Lipinski definition) is 2. The van der Waals surface area contributed by atoms with Crippen LogP contribution in [0.25, 0.3) is 0 Å². The third kappa shape index (κ3) is 2.48. The summed E-state index contributed by atoms with van der Waals surface area (Å²) >= 11 is 0. The minimum Gasteiger partial charge on any atom is -0.357 e. The minimum absolute atomic E-state index is 0.0122. The fourth-order valence-corrected chi connectivity index (χ4v) is 9.89. The van der Waals surface area contributed by atoms with Crippen molar-refractivity contribution in [2.24, 2.45) is 46.3 Å². The van der Waals surface area contributed by atoms with Gasteiger partial charge in [-0.2, -0.15) is 0 Å². The van der Waals surface area contributed by atoms with Gasteiger partial charge in [0.1, 0.15) is 5.72 Å². The van der Waals surface area contributed by atoms with E-state index in [1.165, 1.54) is 64.2 Å². The smallest absolute Gasteiger partial charge is 0.122 e. The third-order valence-electron chi connectivity index (χ3n) is 11.5. The van der Waals surface area contributed by atoms with E-state index in [4.69, 9.17) is 4.74 Å². The lowest BCUT2D eigenvalue weighted by Gasteiger charge is -2.58. The van der Waals surface area contributed by atoms with Crippen LogP contribution < -0.4 is 5.32 Å². The molecule has 0 aromatic carbocycles. The Balaban J connectivity index is 1.29. The molecule has 6 aliphatic rings. The van der Waals surface area contributed by atoms with Crippen LogP contribution in [0.15, 0.2) is 11.6 Å². The van der Waals surface area contributed by atoms with Gasteiger partial charge in [-0.05, 0) is 98.2 Å². The zero-order chi connectivity index (χ0) is 20.0. The van der Waals surface area contributed by atoms with Crippen LogP contribution in [-0.4, -0.2) is 18.4 Å². The van der Waals surface area contributed by atoms with E-state index < -0.39 is 0 Å². The number of piperidine rings is 1. The average Bonchev–Trinajstić information content (AvgIpc) is 3.15. The maximum Gasteiger partial charge on any atom is 0.122 e. The topological polar surface area (TPSA) is 21.3 Å². The van der Waals surface area contributed by atoms with Gasteiger partial charge in [0.2, 0.25) is 0 Å². The molecule has 4 aliphatic carbocycles. The van der Waals surface area contributed by atoms with Gasteiger partial charge in [0.15, 0.2) is 0 Å². The van der Waals surface area contributed by atoms with Crippen LogP contribution in [0.3, 0.4) is 0 Å². The molecule has 0 radical (unpaired) electrons. The highest BCUT2D eigenvalue weighted by atomic mass is 16.5. The van der Waals surface area contributed by atoms with Crippen molar-refractivity contribution in [3.05, 3.63) is 11.6 Å². The van der Waals surface area contributed by atoms with Crippen LogP contribution in [0.4, 0.5) is 0 Å². The molecule has 5 fully saturated rings. The SMILES string of the molecule is CC1CCC2(NC1)OC1CC3C4CC=C5CCCC[C@]5(C)C4CC[C@]3(C)C1[C@@H]2C. The van der Waals surface area contributed by atoms with Crippen LogP contribution in [0.2, 0.25) is 0 Å². The van der Waals surface area contributed by atoms with E-state index in [0.717, 1.165) is 36.1 Å². The van der Waals surface area contributed by atoms with Crippen molar-refractivity contribution in [3.63, 3.8) is 0 Å². The second-order valence-corrected chi connectivity index (χ2v) is 12.6. The average molecular weight is 398 g/mol. The van der Waals surface area contributed by atoms with Gasteiger partial charge < -0.3 is 4.74 Å². The van der Waals surface area contributed by atoms with Crippen molar-refractivity contribution in [1.29, 1.82) is 0 Å². The Morgan fingerprint density at radius 2 is 1.90 bits per heavy atom. The molecule has 2 nitrogen and oxygen atoms in total. The highest BCUT2D eigenvalue weighted by molar-refractivity contribution is 5.25. The van der Waals surface area contributed by atoms with E-state index in [2.05, 4.69) is 39.1 Å². The van der Waals surface area contributed by atoms with E-state index in [1.54, 1.807) is 0 Å². The molecule has 2 saturated heterocycles. The molecule has 0 amide bonds. The van der Waals surface area contributed by atoms with E-state index in [-0.39, 0.29) is 5.72 Å². The van der Waals surface area contributed by atoms with Crippen LogP contribution >= 0.6 is 0 Å². The molecule has 0 bridgehead atoms. The third-order valence-corrected chi connectivity index (χ3v) is 11.5. The normalized spacial score (nSPS) is 58.9. The molecule has 6 rings (SSSR count). The van der Waals surface area contributed by atoms with Gasteiger partial charge in [-0.15, -0.1) is 0 Å². The van der Waals surface area contributed by atoms with Gasteiger partial charge in [0, 0.05) is 12.5 Å². The van der Waals surface area contributed by atoms with E-state index >= 15 is 0 Å². The largest absolute Gasteiger partial charge is 0.357 e. The highest BCUT2D eigenvalue weighted by Crippen LogP contribution is 2.70. The Morgan fingerprint density at radius 1 is 1.03 bits per heavy atom. The van der Waals surface area contributed by atoms with E-state index in [9.17, 15) is 0 Å². The van der Waals surface area contributed by atoms with Crippen LogP contribution in [0.5, 0.6) is 0 Å². The van der Waals surface area contributed by atoms with Gasteiger partial charge in [-0.25, -0.2) is 0 Å². The Hall–Kier alpha value is -0.340. The van der Waals surface area contributed by atoms with Crippen molar-refractivity contribution >= 4 is 0 Å². The summed E-state index contributed by atoms with van der Waals surface area (Å²) in [5, 5.41) is 3.90. The first-order valence-electron chi connectivity index (χ1n) is 13.0. The predicted molar refractivity (Wildman–Crippen MR) is 118 cm³/mol. The molecule has 0 aromatic heterocycles. The monoisotopic (exact) mass is 397 g/mol. The van der Waals surface area contributed by atoms with Crippen molar-refractivity contribution in [3.8, 4) is 0 Å². The Labute approximate surface area is 178 Å². The van der Waals surface area contributed by atoms with Gasteiger partial charge in [-0.3, -0.25) is 5.32 Å². The number of hydrogen-bond donors (Lipinski definition) is 1. The lowest BCUT2D eigenvalue weighted by molar-refractivity contribution is -0.114. The lowest BCUT2D eigenvalue weighted by atomic mass is 9.47.